The van der Waals surface area contributed by atoms with Crippen molar-refractivity contribution in [3.63, 3.8) is 0 Å². The van der Waals surface area contributed by atoms with Crippen LogP contribution < -0.4 is 9.64 Å². The molecule has 2 aromatic carbocycles. The van der Waals surface area contributed by atoms with E-state index >= 15 is 0 Å². The number of carboxylic acids is 1. The van der Waals surface area contributed by atoms with Crippen molar-refractivity contribution < 1.29 is 23.8 Å². The lowest BCUT2D eigenvalue weighted by molar-refractivity contribution is -0.160. The molecule has 0 aliphatic carbocycles. The second kappa shape index (κ2) is 12.3. The fourth-order valence-corrected chi connectivity index (χ4v) is 5.00. The summed E-state index contributed by atoms with van der Waals surface area (Å²) >= 11 is 0. The Morgan fingerprint density at radius 2 is 1.76 bits per heavy atom. The lowest BCUT2D eigenvalue weighted by Crippen LogP contribution is -2.39. The van der Waals surface area contributed by atoms with E-state index in [1.54, 1.807) is 39.1 Å². The average molecular weight is 560 g/mol. The van der Waals surface area contributed by atoms with Crippen LogP contribution in [0.3, 0.4) is 0 Å². The Morgan fingerprint density at radius 3 is 2.32 bits per heavy atom. The minimum atomic E-state index is -1.36. The molecule has 1 aliphatic heterocycles. The Labute approximate surface area is 241 Å². The molecule has 0 unspecified atom stereocenters. The summed E-state index contributed by atoms with van der Waals surface area (Å²) in [7, 11) is 0. The molecule has 7 nitrogen and oxygen atoms in total. The Kier molecular flexibility index (Phi) is 8.98. The van der Waals surface area contributed by atoms with Gasteiger partial charge < -0.3 is 19.5 Å². The molecule has 1 N–H and O–H groups in total. The van der Waals surface area contributed by atoms with Crippen LogP contribution in [0.1, 0.15) is 70.4 Å². The van der Waals surface area contributed by atoms with Crippen molar-refractivity contribution in [2.45, 2.75) is 65.6 Å². The number of aromatic nitrogens is 1. The molecule has 0 saturated carbocycles. The molecule has 0 spiro atoms. The molecule has 0 amide bonds. The molecule has 0 bridgehead atoms. The predicted octanol–water partition coefficient (Wildman–Crippen LogP) is 6.95. The number of carbonyl (C=O) groups is 1. The van der Waals surface area contributed by atoms with Gasteiger partial charge in [-0.25, -0.2) is 14.2 Å². The summed E-state index contributed by atoms with van der Waals surface area (Å²) in [6.07, 6.45) is 2.78. The third-order valence-corrected chi connectivity index (χ3v) is 7.32. The van der Waals surface area contributed by atoms with Crippen LogP contribution in [0.15, 0.2) is 54.7 Å². The van der Waals surface area contributed by atoms with E-state index in [4.69, 9.17) is 9.47 Å². The minimum absolute atomic E-state index is 0.0472. The monoisotopic (exact) mass is 559 g/mol. The van der Waals surface area contributed by atoms with Crippen LogP contribution in [0.5, 0.6) is 5.75 Å². The molecule has 8 heteroatoms. The van der Waals surface area contributed by atoms with Crippen LogP contribution in [-0.2, 0) is 16.0 Å². The molecular formula is C33H38FN3O4. The highest BCUT2D eigenvalue weighted by molar-refractivity contribution is 5.87. The standard InChI is InChI=1S/C33H38FN3O4/c1-32(2,3)41-30(31(38)39)28-27(20-35)36-21-26(29(28)37-17-15-33(4,5)16-18-37)23-8-12-25(13-9-23)40-19-14-22-6-10-24(34)11-7-22/h6-13,21,30H,14-19H2,1-5H3,(H,38,39)/t30-/m0/s1. The first-order chi connectivity index (χ1) is 19.4. The van der Waals surface area contributed by atoms with Gasteiger partial charge in [0.15, 0.2) is 6.10 Å². The predicted molar refractivity (Wildman–Crippen MR) is 156 cm³/mol. The Bertz CT molecular complexity index is 1400. The topological polar surface area (TPSA) is 95.7 Å². The SMILES string of the molecule is CC1(C)CCN(c2c(-c3ccc(OCCc4ccc(F)cc4)cc3)cnc(C#N)c2[C@H](OC(C)(C)C)C(=O)O)CC1. The molecule has 1 aliphatic rings. The van der Waals surface area contributed by atoms with Crippen molar-refractivity contribution in [3.05, 3.63) is 77.4 Å². The average Bonchev–Trinajstić information content (AvgIpc) is 2.92. The van der Waals surface area contributed by atoms with Gasteiger partial charge in [-0.05, 0) is 74.4 Å². The summed E-state index contributed by atoms with van der Waals surface area (Å²) in [5.74, 6) is -0.754. The van der Waals surface area contributed by atoms with E-state index < -0.39 is 17.7 Å². The number of hydrogen-bond donors (Lipinski definition) is 1. The third-order valence-electron chi connectivity index (χ3n) is 7.32. The fraction of sp³-hybridized carbons (Fsp3) is 0.424. The van der Waals surface area contributed by atoms with E-state index in [0.717, 1.165) is 29.5 Å². The second-order valence-corrected chi connectivity index (χ2v) is 12.2. The number of pyridine rings is 1. The zero-order chi connectivity index (χ0) is 29.8. The number of piperidine rings is 1. The normalized spacial score (nSPS) is 15.7. The van der Waals surface area contributed by atoms with E-state index in [-0.39, 0.29) is 22.5 Å². The molecule has 1 fully saturated rings. The fourth-order valence-electron chi connectivity index (χ4n) is 5.00. The van der Waals surface area contributed by atoms with Crippen molar-refractivity contribution in [1.29, 1.82) is 5.26 Å². The summed E-state index contributed by atoms with van der Waals surface area (Å²) < 4.78 is 25.1. The van der Waals surface area contributed by atoms with Crippen LogP contribution in [0.4, 0.5) is 10.1 Å². The highest BCUT2D eigenvalue weighted by Gasteiger charge is 2.36. The van der Waals surface area contributed by atoms with Gasteiger partial charge in [0.2, 0.25) is 0 Å². The number of anilines is 1. The van der Waals surface area contributed by atoms with Crippen LogP contribution >= 0.6 is 0 Å². The number of nitriles is 1. The molecule has 3 aromatic rings. The number of halogens is 1. The van der Waals surface area contributed by atoms with Gasteiger partial charge in [0.25, 0.3) is 0 Å². The number of hydrogen-bond acceptors (Lipinski definition) is 6. The number of benzene rings is 2. The number of nitrogens with zero attached hydrogens (tertiary/aromatic N) is 3. The van der Waals surface area contributed by atoms with Crippen LogP contribution in [0, 0.1) is 22.6 Å². The van der Waals surface area contributed by atoms with E-state index in [1.165, 1.54) is 12.1 Å². The largest absolute Gasteiger partial charge is 0.493 e. The number of rotatable bonds is 9. The maximum atomic E-state index is 13.2. The molecular weight excluding hydrogens is 521 g/mol. The van der Waals surface area contributed by atoms with Gasteiger partial charge in [-0.3, -0.25) is 0 Å². The van der Waals surface area contributed by atoms with Gasteiger partial charge in [0.1, 0.15) is 23.3 Å². The highest BCUT2D eigenvalue weighted by atomic mass is 19.1. The molecule has 1 aromatic heterocycles. The van der Waals surface area contributed by atoms with Crippen molar-refractivity contribution >= 4 is 11.7 Å². The maximum absolute atomic E-state index is 13.2. The highest BCUT2D eigenvalue weighted by Crippen LogP contribution is 2.43. The third kappa shape index (κ3) is 7.62. The van der Waals surface area contributed by atoms with E-state index in [9.17, 15) is 19.6 Å². The van der Waals surface area contributed by atoms with Crippen LogP contribution in [-0.4, -0.2) is 41.4 Å². The zero-order valence-electron chi connectivity index (χ0n) is 24.4. The molecule has 41 heavy (non-hydrogen) atoms. The first-order valence-corrected chi connectivity index (χ1v) is 13.9. The first kappa shape index (κ1) is 30.0. The van der Waals surface area contributed by atoms with Gasteiger partial charge in [0, 0.05) is 31.3 Å². The summed E-state index contributed by atoms with van der Waals surface area (Å²) in [5.41, 5.74) is 2.96. The van der Waals surface area contributed by atoms with Gasteiger partial charge in [-0.15, -0.1) is 0 Å². The summed E-state index contributed by atoms with van der Waals surface area (Å²) in [6, 6.07) is 16.0. The van der Waals surface area contributed by atoms with Crippen molar-refractivity contribution in [2.75, 3.05) is 24.6 Å². The van der Waals surface area contributed by atoms with Crippen molar-refractivity contribution in [2.24, 2.45) is 5.41 Å². The zero-order valence-corrected chi connectivity index (χ0v) is 24.4. The minimum Gasteiger partial charge on any atom is -0.493 e. The van der Waals surface area contributed by atoms with Gasteiger partial charge >= 0.3 is 5.97 Å². The van der Waals surface area contributed by atoms with E-state index in [0.29, 0.717) is 37.6 Å². The maximum Gasteiger partial charge on any atom is 0.337 e. The smallest absolute Gasteiger partial charge is 0.337 e. The van der Waals surface area contributed by atoms with Crippen LogP contribution in [0.25, 0.3) is 11.1 Å². The summed E-state index contributed by atoms with van der Waals surface area (Å²) in [4.78, 5) is 19.2. The van der Waals surface area contributed by atoms with E-state index in [1.807, 2.05) is 24.3 Å². The number of carboxylic acid groups (broad SMARTS) is 1. The Morgan fingerprint density at radius 1 is 1.12 bits per heavy atom. The number of ether oxygens (including phenoxy) is 2. The Hall–Kier alpha value is -3.96. The molecule has 2 heterocycles. The lowest BCUT2D eigenvalue weighted by Gasteiger charge is -2.40. The first-order valence-electron chi connectivity index (χ1n) is 13.9. The number of aliphatic carboxylic acids is 1. The Balaban J connectivity index is 1.70. The van der Waals surface area contributed by atoms with Crippen molar-refractivity contribution in [1.82, 2.24) is 4.98 Å². The van der Waals surface area contributed by atoms with Crippen LogP contribution in [0.2, 0.25) is 0 Å². The van der Waals surface area contributed by atoms with Gasteiger partial charge in [0.05, 0.1) is 23.5 Å². The van der Waals surface area contributed by atoms with Gasteiger partial charge in [-0.1, -0.05) is 38.1 Å². The van der Waals surface area contributed by atoms with Gasteiger partial charge in [-0.2, -0.15) is 5.26 Å². The lowest BCUT2D eigenvalue weighted by atomic mass is 9.82. The summed E-state index contributed by atoms with van der Waals surface area (Å²) in [5, 5.41) is 20.3. The quantitative estimate of drug-likeness (QED) is 0.303. The van der Waals surface area contributed by atoms with Crippen molar-refractivity contribution in [3.8, 4) is 22.9 Å². The molecule has 1 atom stereocenters. The molecule has 0 radical (unpaired) electrons. The molecule has 216 valence electrons. The second-order valence-electron chi connectivity index (χ2n) is 12.2. The molecule has 4 rings (SSSR count). The summed E-state index contributed by atoms with van der Waals surface area (Å²) in [6.45, 7) is 11.7. The molecule has 1 saturated heterocycles. The van der Waals surface area contributed by atoms with E-state index in [2.05, 4.69) is 29.8 Å².